The largest absolute Gasteiger partial charge is 0.504 e. The van der Waals surface area contributed by atoms with Crippen molar-refractivity contribution in [1.82, 2.24) is 0 Å². The van der Waals surface area contributed by atoms with Gasteiger partial charge in [-0.2, -0.15) is 0 Å². The van der Waals surface area contributed by atoms with E-state index in [9.17, 15) is 13.5 Å². The van der Waals surface area contributed by atoms with Crippen molar-refractivity contribution < 1.29 is 18.3 Å². The molecule has 7 heteroatoms. The second-order valence-corrected chi connectivity index (χ2v) is 7.10. The number of aromatic hydroxyl groups is 1. The zero-order valence-corrected chi connectivity index (χ0v) is 12.0. The molecule has 0 unspecified atom stereocenters. The van der Waals surface area contributed by atoms with Gasteiger partial charge in [0.25, 0.3) is 0 Å². The lowest BCUT2D eigenvalue weighted by Gasteiger charge is -2.34. The van der Waals surface area contributed by atoms with Gasteiger partial charge in [-0.15, -0.1) is 0 Å². The molecule has 106 valence electrons. The minimum absolute atomic E-state index is 0.00339. The van der Waals surface area contributed by atoms with E-state index in [1.54, 1.807) is 0 Å². The third-order valence-corrected chi connectivity index (χ3v) is 5.96. The van der Waals surface area contributed by atoms with Crippen molar-refractivity contribution in [3.63, 3.8) is 0 Å². The summed E-state index contributed by atoms with van der Waals surface area (Å²) in [5, 5.41) is 9.25. The summed E-state index contributed by atoms with van der Waals surface area (Å²) < 4.78 is 30.1. The Balaban J connectivity index is 2.30. The number of anilines is 1. The van der Waals surface area contributed by atoms with Crippen LogP contribution in [0.15, 0.2) is 17.0 Å². The predicted octanol–water partition coefficient (Wildman–Crippen LogP) is 1.97. The van der Waals surface area contributed by atoms with Gasteiger partial charge in [-0.05, 0) is 31.9 Å². The number of hydrogen-bond donors (Lipinski definition) is 2. The van der Waals surface area contributed by atoms with Crippen molar-refractivity contribution in [3.05, 3.63) is 17.2 Å². The standard InChI is InChI=1S/C12H16ClNO4S/c1-2-18-7-5-8(6-7)19(16,17)12-9(13)3-4-10(14)11(12)15/h3-4,7-8,15H,2,5-6,14H2,1H3. The van der Waals surface area contributed by atoms with Crippen LogP contribution in [0, 0.1) is 0 Å². The molecule has 1 aromatic carbocycles. The Labute approximate surface area is 117 Å². The summed E-state index contributed by atoms with van der Waals surface area (Å²) in [6.07, 6.45) is 0.799. The summed E-state index contributed by atoms with van der Waals surface area (Å²) in [6.45, 7) is 2.42. The van der Waals surface area contributed by atoms with Gasteiger partial charge < -0.3 is 15.6 Å². The molecule has 0 heterocycles. The van der Waals surface area contributed by atoms with Crippen LogP contribution in [-0.2, 0) is 14.6 Å². The first-order chi connectivity index (χ1) is 8.87. The Hall–Kier alpha value is -0.980. The fourth-order valence-corrected chi connectivity index (χ4v) is 4.61. The number of hydrogen-bond acceptors (Lipinski definition) is 5. The summed E-state index contributed by atoms with van der Waals surface area (Å²) >= 11 is 5.88. The first kappa shape index (κ1) is 14.4. The van der Waals surface area contributed by atoms with E-state index < -0.39 is 20.8 Å². The molecule has 19 heavy (non-hydrogen) atoms. The van der Waals surface area contributed by atoms with Gasteiger partial charge in [0, 0.05) is 6.61 Å². The molecule has 0 atom stereocenters. The summed E-state index contributed by atoms with van der Waals surface area (Å²) in [5.41, 5.74) is 5.53. The second-order valence-electron chi connectivity index (χ2n) is 4.53. The molecule has 1 fully saturated rings. The van der Waals surface area contributed by atoms with Crippen molar-refractivity contribution in [1.29, 1.82) is 0 Å². The Bertz CT molecular complexity index is 582. The molecule has 2 rings (SSSR count). The fraction of sp³-hybridized carbons (Fsp3) is 0.500. The summed E-state index contributed by atoms with van der Waals surface area (Å²) in [6, 6.07) is 2.75. The average Bonchev–Trinajstić information content (AvgIpc) is 2.28. The molecule has 1 saturated carbocycles. The van der Waals surface area contributed by atoms with E-state index in [1.807, 2.05) is 6.92 Å². The Morgan fingerprint density at radius 2 is 2.11 bits per heavy atom. The third kappa shape index (κ3) is 2.52. The van der Waals surface area contributed by atoms with Gasteiger partial charge in [-0.3, -0.25) is 0 Å². The average molecular weight is 306 g/mol. The van der Waals surface area contributed by atoms with Gasteiger partial charge in [0.05, 0.1) is 22.1 Å². The molecule has 1 aliphatic rings. The molecule has 0 saturated heterocycles. The van der Waals surface area contributed by atoms with Crippen molar-refractivity contribution in [2.75, 3.05) is 12.3 Å². The maximum absolute atomic E-state index is 12.4. The number of nitrogens with two attached hydrogens (primary N) is 1. The number of phenols is 1. The minimum atomic E-state index is -3.68. The monoisotopic (exact) mass is 305 g/mol. The van der Waals surface area contributed by atoms with E-state index in [-0.39, 0.29) is 21.7 Å². The second kappa shape index (κ2) is 5.19. The first-order valence-electron chi connectivity index (χ1n) is 6.00. The van der Waals surface area contributed by atoms with Crippen LogP contribution in [0.5, 0.6) is 5.75 Å². The fourth-order valence-electron chi connectivity index (χ4n) is 2.14. The highest BCUT2D eigenvalue weighted by atomic mass is 35.5. The predicted molar refractivity (Wildman–Crippen MR) is 73.2 cm³/mol. The summed E-state index contributed by atoms with van der Waals surface area (Å²) in [5.74, 6) is -0.465. The van der Waals surface area contributed by atoms with Crippen molar-refractivity contribution in [3.8, 4) is 5.75 Å². The van der Waals surface area contributed by atoms with Crippen LogP contribution in [0.4, 0.5) is 5.69 Å². The van der Waals surface area contributed by atoms with Crippen LogP contribution in [0.1, 0.15) is 19.8 Å². The lowest BCUT2D eigenvalue weighted by Crippen LogP contribution is -2.41. The molecule has 0 bridgehead atoms. The zero-order valence-electron chi connectivity index (χ0n) is 10.5. The van der Waals surface area contributed by atoms with E-state index in [0.29, 0.717) is 19.4 Å². The van der Waals surface area contributed by atoms with Crippen LogP contribution in [0.3, 0.4) is 0 Å². The summed E-state index contributed by atoms with van der Waals surface area (Å²) in [7, 11) is -3.68. The first-order valence-corrected chi connectivity index (χ1v) is 7.92. The highest BCUT2D eigenvalue weighted by Gasteiger charge is 2.42. The van der Waals surface area contributed by atoms with E-state index in [0.717, 1.165) is 0 Å². The van der Waals surface area contributed by atoms with Crippen LogP contribution in [-0.4, -0.2) is 31.5 Å². The normalized spacial score (nSPS) is 23.1. The Morgan fingerprint density at radius 3 is 2.68 bits per heavy atom. The van der Waals surface area contributed by atoms with Crippen LogP contribution < -0.4 is 5.73 Å². The molecule has 1 aliphatic carbocycles. The third-order valence-electron chi connectivity index (χ3n) is 3.29. The maximum atomic E-state index is 12.4. The van der Waals surface area contributed by atoms with E-state index in [1.165, 1.54) is 12.1 Å². The van der Waals surface area contributed by atoms with Crippen molar-refractivity contribution in [2.45, 2.75) is 36.0 Å². The van der Waals surface area contributed by atoms with E-state index in [4.69, 9.17) is 22.1 Å². The molecule has 0 aromatic heterocycles. The number of rotatable bonds is 4. The molecular formula is C12H16ClNO4S. The molecule has 1 aromatic rings. The molecular weight excluding hydrogens is 290 g/mol. The highest BCUT2D eigenvalue weighted by Crippen LogP contribution is 2.41. The maximum Gasteiger partial charge on any atom is 0.186 e. The van der Waals surface area contributed by atoms with Gasteiger partial charge in [-0.1, -0.05) is 11.6 Å². The highest BCUT2D eigenvalue weighted by molar-refractivity contribution is 7.92. The molecule has 0 aliphatic heterocycles. The van der Waals surface area contributed by atoms with E-state index >= 15 is 0 Å². The van der Waals surface area contributed by atoms with Crippen LogP contribution in [0.2, 0.25) is 5.02 Å². The van der Waals surface area contributed by atoms with Gasteiger partial charge in [-0.25, -0.2) is 8.42 Å². The van der Waals surface area contributed by atoms with Gasteiger partial charge in [0.2, 0.25) is 0 Å². The summed E-state index contributed by atoms with van der Waals surface area (Å²) in [4.78, 5) is -0.269. The number of nitrogen functional groups attached to an aromatic ring is 1. The van der Waals surface area contributed by atoms with Crippen molar-refractivity contribution in [2.24, 2.45) is 0 Å². The van der Waals surface area contributed by atoms with E-state index in [2.05, 4.69) is 0 Å². The topological polar surface area (TPSA) is 89.6 Å². The molecule has 0 amide bonds. The smallest absolute Gasteiger partial charge is 0.186 e. The Kier molecular flexibility index (Phi) is 3.94. The number of sulfone groups is 1. The lowest BCUT2D eigenvalue weighted by atomic mass is 9.95. The molecule has 0 radical (unpaired) electrons. The van der Waals surface area contributed by atoms with Gasteiger partial charge >= 0.3 is 0 Å². The number of ether oxygens (including phenoxy) is 1. The minimum Gasteiger partial charge on any atom is -0.504 e. The van der Waals surface area contributed by atoms with Gasteiger partial charge in [0.1, 0.15) is 4.90 Å². The Morgan fingerprint density at radius 1 is 1.47 bits per heavy atom. The van der Waals surface area contributed by atoms with Gasteiger partial charge in [0.15, 0.2) is 15.6 Å². The quantitative estimate of drug-likeness (QED) is 0.655. The SMILES string of the molecule is CCOC1CC(S(=O)(=O)c2c(Cl)ccc(N)c2O)C1. The lowest BCUT2D eigenvalue weighted by molar-refractivity contribution is 0.0122. The molecule has 5 nitrogen and oxygen atoms in total. The van der Waals surface area contributed by atoms with Crippen LogP contribution >= 0.6 is 11.6 Å². The number of benzene rings is 1. The molecule has 3 N–H and O–H groups in total. The van der Waals surface area contributed by atoms with Crippen LogP contribution in [0.25, 0.3) is 0 Å². The zero-order chi connectivity index (χ0) is 14.2. The number of halogens is 1. The molecule has 0 spiro atoms. The number of phenolic OH excluding ortho intramolecular Hbond substituents is 1. The van der Waals surface area contributed by atoms with Crippen molar-refractivity contribution >= 4 is 27.1 Å².